The Balaban J connectivity index is 2.26. The van der Waals surface area contributed by atoms with Crippen LogP contribution < -0.4 is 0 Å². The van der Waals surface area contributed by atoms with Crippen LogP contribution in [-0.2, 0) is 6.61 Å². The van der Waals surface area contributed by atoms with Crippen LogP contribution >= 0.6 is 23.4 Å². The largest absolute Gasteiger partial charge is 0.392 e. The standard InChI is InChI=1S/C14H13ClOS/c1-10-2-7-14(11(8-10)9-16)17-13-5-3-12(15)4-6-13/h2-8,16H,9H2,1H3. The molecule has 3 heteroatoms. The lowest BCUT2D eigenvalue weighted by Gasteiger charge is -2.08. The molecule has 0 bridgehead atoms. The molecule has 0 aliphatic carbocycles. The summed E-state index contributed by atoms with van der Waals surface area (Å²) in [4.78, 5) is 2.20. The number of benzene rings is 2. The van der Waals surface area contributed by atoms with Crippen LogP contribution in [-0.4, -0.2) is 5.11 Å². The maximum atomic E-state index is 9.33. The summed E-state index contributed by atoms with van der Waals surface area (Å²) in [5.41, 5.74) is 2.12. The molecule has 1 nitrogen and oxygen atoms in total. The topological polar surface area (TPSA) is 20.2 Å². The van der Waals surface area contributed by atoms with Crippen molar-refractivity contribution in [3.8, 4) is 0 Å². The van der Waals surface area contributed by atoms with Crippen molar-refractivity contribution in [1.82, 2.24) is 0 Å². The van der Waals surface area contributed by atoms with Crippen molar-refractivity contribution >= 4 is 23.4 Å². The van der Waals surface area contributed by atoms with Crippen molar-refractivity contribution < 1.29 is 5.11 Å². The Morgan fingerprint density at radius 2 is 1.82 bits per heavy atom. The van der Waals surface area contributed by atoms with Gasteiger partial charge in [-0.2, -0.15) is 0 Å². The van der Waals surface area contributed by atoms with Crippen LogP contribution in [0.2, 0.25) is 5.02 Å². The van der Waals surface area contributed by atoms with Crippen LogP contribution in [0, 0.1) is 6.92 Å². The molecule has 0 fully saturated rings. The predicted octanol–water partition coefficient (Wildman–Crippen LogP) is 4.29. The summed E-state index contributed by atoms with van der Waals surface area (Å²) >= 11 is 7.48. The third-order valence-electron chi connectivity index (χ3n) is 2.43. The number of rotatable bonds is 3. The molecule has 0 saturated heterocycles. The van der Waals surface area contributed by atoms with Gasteiger partial charge in [-0.15, -0.1) is 0 Å². The van der Waals surface area contributed by atoms with Gasteiger partial charge < -0.3 is 5.11 Å². The first kappa shape index (κ1) is 12.5. The first-order chi connectivity index (χ1) is 8.19. The Morgan fingerprint density at radius 1 is 1.12 bits per heavy atom. The summed E-state index contributed by atoms with van der Waals surface area (Å²) in [6.07, 6.45) is 0. The van der Waals surface area contributed by atoms with Gasteiger partial charge >= 0.3 is 0 Å². The highest BCUT2D eigenvalue weighted by atomic mass is 35.5. The first-order valence-corrected chi connectivity index (χ1v) is 6.52. The molecule has 0 saturated carbocycles. The van der Waals surface area contributed by atoms with Crippen molar-refractivity contribution in [1.29, 1.82) is 0 Å². The second kappa shape index (κ2) is 5.58. The fourth-order valence-corrected chi connectivity index (χ4v) is 2.60. The van der Waals surface area contributed by atoms with E-state index in [-0.39, 0.29) is 6.61 Å². The number of halogens is 1. The van der Waals surface area contributed by atoms with Crippen LogP contribution in [0.4, 0.5) is 0 Å². The third-order valence-corrected chi connectivity index (χ3v) is 3.81. The molecule has 17 heavy (non-hydrogen) atoms. The molecule has 2 aromatic rings. The van der Waals surface area contributed by atoms with Crippen LogP contribution in [0.1, 0.15) is 11.1 Å². The van der Waals surface area contributed by atoms with Gasteiger partial charge in [-0.1, -0.05) is 41.1 Å². The Bertz CT molecular complexity index is 508. The van der Waals surface area contributed by atoms with Crippen molar-refractivity contribution in [3.05, 3.63) is 58.6 Å². The summed E-state index contributed by atoms with van der Waals surface area (Å²) in [7, 11) is 0. The van der Waals surface area contributed by atoms with E-state index in [1.54, 1.807) is 11.8 Å². The van der Waals surface area contributed by atoms with Gasteiger partial charge in [0.2, 0.25) is 0 Å². The predicted molar refractivity (Wildman–Crippen MR) is 72.7 cm³/mol. The smallest absolute Gasteiger partial charge is 0.0692 e. The highest BCUT2D eigenvalue weighted by molar-refractivity contribution is 7.99. The molecule has 0 aliphatic heterocycles. The number of aliphatic hydroxyl groups excluding tert-OH is 1. The van der Waals surface area contributed by atoms with Crippen LogP contribution in [0.25, 0.3) is 0 Å². The molecular weight excluding hydrogens is 252 g/mol. The van der Waals surface area contributed by atoms with E-state index < -0.39 is 0 Å². The molecular formula is C14H13ClOS. The van der Waals surface area contributed by atoms with Crippen molar-refractivity contribution in [2.75, 3.05) is 0 Å². The minimum absolute atomic E-state index is 0.0671. The van der Waals surface area contributed by atoms with Gasteiger partial charge in [0.05, 0.1) is 6.61 Å². The van der Waals surface area contributed by atoms with Gasteiger partial charge in [0.15, 0.2) is 0 Å². The molecule has 0 atom stereocenters. The van der Waals surface area contributed by atoms with E-state index in [9.17, 15) is 5.11 Å². The van der Waals surface area contributed by atoms with E-state index >= 15 is 0 Å². The molecule has 0 spiro atoms. The number of hydrogen-bond donors (Lipinski definition) is 1. The van der Waals surface area contributed by atoms with Gasteiger partial charge in [-0.05, 0) is 42.8 Å². The molecule has 2 rings (SSSR count). The van der Waals surface area contributed by atoms with Gasteiger partial charge in [0.1, 0.15) is 0 Å². The van der Waals surface area contributed by atoms with Crippen molar-refractivity contribution in [2.45, 2.75) is 23.3 Å². The van der Waals surface area contributed by atoms with Gasteiger partial charge in [-0.3, -0.25) is 0 Å². The fourth-order valence-electron chi connectivity index (χ4n) is 1.56. The summed E-state index contributed by atoms with van der Waals surface area (Å²) in [5, 5.41) is 10.1. The zero-order chi connectivity index (χ0) is 12.3. The minimum Gasteiger partial charge on any atom is -0.392 e. The van der Waals surface area contributed by atoms with E-state index in [2.05, 4.69) is 6.07 Å². The molecule has 0 unspecified atom stereocenters. The molecule has 2 aromatic carbocycles. The second-order valence-electron chi connectivity index (χ2n) is 3.83. The lowest BCUT2D eigenvalue weighted by molar-refractivity contribution is 0.279. The van der Waals surface area contributed by atoms with E-state index in [0.717, 1.165) is 25.9 Å². The van der Waals surface area contributed by atoms with Crippen molar-refractivity contribution in [2.24, 2.45) is 0 Å². The number of aryl methyl sites for hydroxylation is 1. The van der Waals surface area contributed by atoms with Crippen LogP contribution in [0.3, 0.4) is 0 Å². The second-order valence-corrected chi connectivity index (χ2v) is 5.38. The van der Waals surface area contributed by atoms with Gasteiger partial charge in [0, 0.05) is 14.8 Å². The lowest BCUT2D eigenvalue weighted by atomic mass is 10.1. The normalized spacial score (nSPS) is 10.5. The maximum absolute atomic E-state index is 9.33. The molecule has 0 aliphatic rings. The summed E-state index contributed by atoms with van der Waals surface area (Å²) in [6, 6.07) is 13.8. The molecule has 88 valence electrons. The average molecular weight is 265 g/mol. The Hall–Kier alpha value is -0.960. The van der Waals surface area contributed by atoms with E-state index in [1.165, 1.54) is 0 Å². The molecule has 0 amide bonds. The van der Waals surface area contributed by atoms with Crippen LogP contribution in [0.5, 0.6) is 0 Å². The zero-order valence-electron chi connectivity index (χ0n) is 9.48. The highest BCUT2D eigenvalue weighted by Gasteiger charge is 2.04. The SMILES string of the molecule is Cc1ccc(Sc2ccc(Cl)cc2)c(CO)c1. The quantitative estimate of drug-likeness (QED) is 0.892. The molecule has 0 radical (unpaired) electrons. The average Bonchev–Trinajstić information content (AvgIpc) is 2.34. The van der Waals surface area contributed by atoms with E-state index in [0.29, 0.717) is 0 Å². The monoisotopic (exact) mass is 264 g/mol. The summed E-state index contributed by atoms with van der Waals surface area (Å²) in [5.74, 6) is 0. The molecule has 1 N–H and O–H groups in total. The Morgan fingerprint density at radius 3 is 2.47 bits per heavy atom. The first-order valence-electron chi connectivity index (χ1n) is 5.33. The Labute approximate surface area is 110 Å². The summed E-state index contributed by atoms with van der Waals surface area (Å²) in [6.45, 7) is 2.09. The van der Waals surface area contributed by atoms with Gasteiger partial charge in [-0.25, -0.2) is 0 Å². The third kappa shape index (κ3) is 3.25. The van der Waals surface area contributed by atoms with Crippen LogP contribution in [0.15, 0.2) is 52.3 Å². The molecule has 0 aromatic heterocycles. The van der Waals surface area contributed by atoms with Gasteiger partial charge in [0.25, 0.3) is 0 Å². The maximum Gasteiger partial charge on any atom is 0.0692 e. The molecule has 0 heterocycles. The number of aliphatic hydroxyl groups is 1. The van der Waals surface area contributed by atoms with E-state index in [4.69, 9.17) is 11.6 Å². The van der Waals surface area contributed by atoms with Crippen molar-refractivity contribution in [3.63, 3.8) is 0 Å². The zero-order valence-corrected chi connectivity index (χ0v) is 11.1. The van der Waals surface area contributed by atoms with E-state index in [1.807, 2.05) is 43.3 Å². The number of hydrogen-bond acceptors (Lipinski definition) is 2. The highest BCUT2D eigenvalue weighted by Crippen LogP contribution is 2.31. The minimum atomic E-state index is 0.0671. The lowest BCUT2D eigenvalue weighted by Crippen LogP contribution is -1.88. The Kier molecular flexibility index (Phi) is 4.11. The fraction of sp³-hybridized carbons (Fsp3) is 0.143. The summed E-state index contributed by atoms with van der Waals surface area (Å²) < 4.78 is 0.